The van der Waals surface area contributed by atoms with Crippen LogP contribution in [0.3, 0.4) is 0 Å². The Labute approximate surface area is 115 Å². The first-order valence-corrected chi connectivity index (χ1v) is 6.35. The number of rotatable bonds is 4. The lowest BCUT2D eigenvalue weighted by molar-refractivity contribution is 0.0948. The molecule has 0 aliphatic carbocycles. The van der Waals surface area contributed by atoms with Gasteiger partial charge in [-0.05, 0) is 12.1 Å². The zero-order valence-corrected chi connectivity index (χ0v) is 10.8. The molecule has 2 aromatic heterocycles. The van der Waals surface area contributed by atoms with Crippen LogP contribution in [-0.4, -0.2) is 27.0 Å². The van der Waals surface area contributed by atoms with Crippen molar-refractivity contribution in [3.63, 3.8) is 0 Å². The van der Waals surface area contributed by atoms with E-state index in [1.165, 1.54) is 0 Å². The Morgan fingerprint density at radius 1 is 1.45 bits per heavy atom. The van der Waals surface area contributed by atoms with Gasteiger partial charge in [0.25, 0.3) is 5.91 Å². The number of anilines is 1. The Morgan fingerprint density at radius 2 is 2.35 bits per heavy atom. The molecule has 4 N–H and O–H groups in total. The van der Waals surface area contributed by atoms with E-state index < -0.39 is 0 Å². The summed E-state index contributed by atoms with van der Waals surface area (Å²) in [6.07, 6.45) is 5.29. The summed E-state index contributed by atoms with van der Waals surface area (Å²) in [6.45, 7) is 1.23. The minimum Gasteiger partial charge on any atom is -0.397 e. The number of para-hydroxylation sites is 1. The van der Waals surface area contributed by atoms with Crippen molar-refractivity contribution >= 4 is 22.5 Å². The highest BCUT2D eigenvalue weighted by molar-refractivity contribution is 6.00. The van der Waals surface area contributed by atoms with Gasteiger partial charge in [-0.25, -0.2) is 4.98 Å². The lowest BCUT2D eigenvalue weighted by Gasteiger charge is -2.04. The monoisotopic (exact) mass is 269 g/mol. The van der Waals surface area contributed by atoms with Crippen LogP contribution in [0.5, 0.6) is 0 Å². The van der Waals surface area contributed by atoms with E-state index in [2.05, 4.69) is 15.3 Å². The average molecular weight is 269 g/mol. The third-order valence-electron chi connectivity index (χ3n) is 3.15. The number of aromatic amines is 1. The highest BCUT2D eigenvalue weighted by Gasteiger charge is 2.10. The predicted molar refractivity (Wildman–Crippen MR) is 77.3 cm³/mol. The molecule has 6 nitrogen and oxygen atoms in total. The number of nitrogens with zero attached hydrogens (tertiary/aromatic N) is 2. The van der Waals surface area contributed by atoms with Crippen molar-refractivity contribution in [3.8, 4) is 0 Å². The molecule has 0 atom stereocenters. The lowest BCUT2D eigenvalue weighted by Crippen LogP contribution is -2.27. The molecule has 0 saturated heterocycles. The van der Waals surface area contributed by atoms with Crippen molar-refractivity contribution in [2.75, 3.05) is 12.3 Å². The zero-order chi connectivity index (χ0) is 13.9. The number of nitrogens with one attached hydrogen (secondary N) is 2. The van der Waals surface area contributed by atoms with Gasteiger partial charge in [0.05, 0.1) is 17.5 Å². The molecule has 6 heteroatoms. The lowest BCUT2D eigenvalue weighted by atomic mass is 10.2. The van der Waals surface area contributed by atoms with Crippen molar-refractivity contribution in [2.45, 2.75) is 6.54 Å². The quantitative estimate of drug-likeness (QED) is 0.625. The van der Waals surface area contributed by atoms with E-state index in [0.717, 1.165) is 10.9 Å². The van der Waals surface area contributed by atoms with Crippen molar-refractivity contribution in [3.05, 3.63) is 48.7 Å². The Morgan fingerprint density at radius 3 is 3.10 bits per heavy atom. The first-order chi connectivity index (χ1) is 9.74. The van der Waals surface area contributed by atoms with Crippen LogP contribution in [0.2, 0.25) is 0 Å². The molecule has 3 aromatic rings. The van der Waals surface area contributed by atoms with Crippen LogP contribution in [0.15, 0.2) is 43.0 Å². The van der Waals surface area contributed by atoms with Crippen LogP contribution < -0.4 is 11.1 Å². The number of hydrogen-bond acceptors (Lipinski definition) is 3. The second kappa shape index (κ2) is 5.08. The van der Waals surface area contributed by atoms with Gasteiger partial charge in [0, 0.05) is 30.9 Å². The van der Waals surface area contributed by atoms with E-state index in [1.54, 1.807) is 24.7 Å². The number of carbonyl (C=O) groups excluding carboxylic acids is 1. The van der Waals surface area contributed by atoms with Gasteiger partial charge in [-0.1, -0.05) is 12.1 Å². The normalized spacial score (nSPS) is 10.8. The maximum atomic E-state index is 12.0. The van der Waals surface area contributed by atoms with Gasteiger partial charge in [0.15, 0.2) is 0 Å². The fourth-order valence-corrected chi connectivity index (χ4v) is 2.11. The molecule has 1 aromatic carbocycles. The van der Waals surface area contributed by atoms with Crippen molar-refractivity contribution < 1.29 is 4.79 Å². The van der Waals surface area contributed by atoms with Gasteiger partial charge in [0.2, 0.25) is 0 Å². The predicted octanol–water partition coefficient (Wildman–Crippen LogP) is 1.38. The molecule has 102 valence electrons. The molecular formula is C14H15N5O. The summed E-state index contributed by atoms with van der Waals surface area (Å²) in [4.78, 5) is 19.0. The molecule has 1 amide bonds. The largest absolute Gasteiger partial charge is 0.397 e. The van der Waals surface area contributed by atoms with Crippen molar-refractivity contribution in [1.82, 2.24) is 19.9 Å². The minimum atomic E-state index is -0.138. The number of nitrogen functional groups attached to an aromatic ring is 1. The topological polar surface area (TPSA) is 88.7 Å². The Balaban J connectivity index is 1.68. The van der Waals surface area contributed by atoms with Crippen LogP contribution in [0.25, 0.3) is 10.9 Å². The summed E-state index contributed by atoms with van der Waals surface area (Å²) < 4.78 is 1.91. The second-order valence-corrected chi connectivity index (χ2v) is 4.55. The number of carbonyl (C=O) groups is 1. The highest BCUT2D eigenvalue weighted by atomic mass is 16.1. The summed E-state index contributed by atoms with van der Waals surface area (Å²) >= 11 is 0. The maximum absolute atomic E-state index is 12.0. The zero-order valence-electron chi connectivity index (χ0n) is 10.8. The van der Waals surface area contributed by atoms with Crippen LogP contribution in [0.4, 0.5) is 5.69 Å². The molecule has 20 heavy (non-hydrogen) atoms. The number of aromatic nitrogens is 3. The number of H-pyrrole nitrogens is 1. The molecule has 0 bridgehead atoms. The standard InChI is InChI=1S/C14H15N5O/c15-11-3-1-2-10-8-12(18-13(10)11)14(20)17-5-7-19-6-4-16-9-19/h1-4,6,8-9,18H,5,7,15H2,(H,17,20). The molecule has 0 unspecified atom stereocenters. The van der Waals surface area contributed by atoms with Gasteiger partial charge < -0.3 is 20.6 Å². The number of fused-ring (bicyclic) bond motifs is 1. The molecular weight excluding hydrogens is 254 g/mol. The molecule has 0 aliphatic heterocycles. The van der Waals surface area contributed by atoms with E-state index in [1.807, 2.05) is 22.9 Å². The summed E-state index contributed by atoms with van der Waals surface area (Å²) in [6, 6.07) is 7.40. The third kappa shape index (κ3) is 2.35. The van der Waals surface area contributed by atoms with E-state index in [-0.39, 0.29) is 5.91 Å². The fraction of sp³-hybridized carbons (Fsp3) is 0.143. The van der Waals surface area contributed by atoms with Gasteiger partial charge in [-0.15, -0.1) is 0 Å². The summed E-state index contributed by atoms with van der Waals surface area (Å²) in [5, 5.41) is 3.79. The maximum Gasteiger partial charge on any atom is 0.267 e. The van der Waals surface area contributed by atoms with Crippen LogP contribution in [-0.2, 0) is 6.54 Å². The molecule has 0 spiro atoms. The van der Waals surface area contributed by atoms with Crippen LogP contribution >= 0.6 is 0 Å². The minimum absolute atomic E-state index is 0.138. The summed E-state index contributed by atoms with van der Waals surface area (Å²) in [5.74, 6) is -0.138. The number of imidazole rings is 1. The van der Waals surface area contributed by atoms with Crippen molar-refractivity contribution in [2.24, 2.45) is 0 Å². The van der Waals surface area contributed by atoms with Gasteiger partial charge in [-0.3, -0.25) is 4.79 Å². The van der Waals surface area contributed by atoms with Crippen molar-refractivity contribution in [1.29, 1.82) is 0 Å². The van der Waals surface area contributed by atoms with E-state index in [9.17, 15) is 4.79 Å². The van der Waals surface area contributed by atoms with E-state index >= 15 is 0 Å². The van der Waals surface area contributed by atoms with Gasteiger partial charge in [0.1, 0.15) is 5.69 Å². The number of nitrogens with two attached hydrogens (primary N) is 1. The third-order valence-corrected chi connectivity index (χ3v) is 3.15. The number of hydrogen-bond donors (Lipinski definition) is 3. The first kappa shape index (κ1) is 12.3. The molecule has 0 fully saturated rings. The summed E-state index contributed by atoms with van der Waals surface area (Å²) in [7, 11) is 0. The van der Waals surface area contributed by atoms with Gasteiger partial charge >= 0.3 is 0 Å². The smallest absolute Gasteiger partial charge is 0.267 e. The SMILES string of the molecule is Nc1cccc2cc(C(=O)NCCn3ccnc3)[nH]c12. The van der Waals surface area contributed by atoms with Crippen LogP contribution in [0.1, 0.15) is 10.5 Å². The van der Waals surface area contributed by atoms with E-state index in [4.69, 9.17) is 5.73 Å². The number of benzene rings is 1. The van der Waals surface area contributed by atoms with Gasteiger partial charge in [-0.2, -0.15) is 0 Å². The molecule has 0 radical (unpaired) electrons. The molecule has 0 aliphatic rings. The average Bonchev–Trinajstić information content (AvgIpc) is 3.07. The second-order valence-electron chi connectivity index (χ2n) is 4.55. The molecule has 2 heterocycles. The highest BCUT2D eigenvalue weighted by Crippen LogP contribution is 2.20. The first-order valence-electron chi connectivity index (χ1n) is 6.35. The molecule has 0 saturated carbocycles. The Kier molecular flexibility index (Phi) is 3.12. The Bertz CT molecular complexity index is 729. The Hall–Kier alpha value is -2.76. The number of amides is 1. The van der Waals surface area contributed by atoms with Crippen LogP contribution in [0, 0.1) is 0 Å². The fourth-order valence-electron chi connectivity index (χ4n) is 2.11. The van der Waals surface area contributed by atoms with E-state index in [0.29, 0.717) is 24.5 Å². The summed E-state index contributed by atoms with van der Waals surface area (Å²) in [5.41, 5.74) is 7.82. The molecule has 3 rings (SSSR count).